The highest BCUT2D eigenvalue weighted by atomic mass is 16.5. The van der Waals surface area contributed by atoms with E-state index in [2.05, 4.69) is 19.9 Å². The molecule has 4 nitrogen and oxygen atoms in total. The van der Waals surface area contributed by atoms with Gasteiger partial charge in [-0.05, 0) is 56.0 Å². The molecule has 0 saturated carbocycles. The zero-order chi connectivity index (χ0) is 17.0. The van der Waals surface area contributed by atoms with Gasteiger partial charge in [-0.25, -0.2) is 4.79 Å². The SMILES string of the molecule is CCOC(=O)c1ccc(-n2cc(C#N)c(CC(C)C)c2C)cc1. The molecule has 0 unspecified atom stereocenters. The van der Waals surface area contributed by atoms with E-state index in [-0.39, 0.29) is 5.97 Å². The van der Waals surface area contributed by atoms with Gasteiger partial charge in [0, 0.05) is 17.6 Å². The van der Waals surface area contributed by atoms with Crippen molar-refractivity contribution in [3.8, 4) is 11.8 Å². The van der Waals surface area contributed by atoms with Crippen LogP contribution in [0, 0.1) is 24.2 Å². The van der Waals surface area contributed by atoms with Crippen LogP contribution in [0.15, 0.2) is 30.5 Å². The summed E-state index contributed by atoms with van der Waals surface area (Å²) in [5, 5.41) is 9.37. The molecule has 2 rings (SSSR count). The fraction of sp³-hybridized carbons (Fsp3) is 0.368. The van der Waals surface area contributed by atoms with Crippen LogP contribution in [-0.4, -0.2) is 17.1 Å². The number of ether oxygens (including phenoxy) is 1. The Labute approximate surface area is 137 Å². The van der Waals surface area contributed by atoms with Gasteiger partial charge in [0.1, 0.15) is 6.07 Å². The molecule has 1 heterocycles. The molecule has 2 aromatic rings. The molecule has 120 valence electrons. The number of hydrogen-bond acceptors (Lipinski definition) is 3. The third-order valence-corrected chi connectivity index (χ3v) is 3.77. The minimum absolute atomic E-state index is 0.318. The normalized spacial score (nSPS) is 10.6. The third-order valence-electron chi connectivity index (χ3n) is 3.77. The maximum absolute atomic E-state index is 11.7. The molecule has 0 saturated heterocycles. The van der Waals surface area contributed by atoms with Crippen LogP contribution < -0.4 is 0 Å². The Bertz CT molecular complexity index is 734. The monoisotopic (exact) mass is 310 g/mol. The number of esters is 1. The van der Waals surface area contributed by atoms with Gasteiger partial charge in [0.15, 0.2) is 0 Å². The maximum atomic E-state index is 11.7. The molecule has 23 heavy (non-hydrogen) atoms. The van der Waals surface area contributed by atoms with Crippen LogP contribution in [0.5, 0.6) is 0 Å². The van der Waals surface area contributed by atoms with Crippen LogP contribution in [-0.2, 0) is 11.2 Å². The number of carbonyl (C=O) groups excluding carboxylic acids is 1. The fourth-order valence-electron chi connectivity index (χ4n) is 2.65. The van der Waals surface area contributed by atoms with Crippen molar-refractivity contribution in [1.29, 1.82) is 5.26 Å². The average molecular weight is 310 g/mol. The third kappa shape index (κ3) is 3.62. The smallest absolute Gasteiger partial charge is 0.338 e. The second-order valence-electron chi connectivity index (χ2n) is 5.95. The molecule has 0 spiro atoms. The number of hydrogen-bond donors (Lipinski definition) is 0. The summed E-state index contributed by atoms with van der Waals surface area (Å²) in [4.78, 5) is 11.7. The Morgan fingerprint density at radius 3 is 2.48 bits per heavy atom. The molecular weight excluding hydrogens is 288 g/mol. The van der Waals surface area contributed by atoms with Crippen molar-refractivity contribution in [2.75, 3.05) is 6.61 Å². The van der Waals surface area contributed by atoms with E-state index in [0.717, 1.165) is 23.4 Å². The van der Waals surface area contributed by atoms with Gasteiger partial charge >= 0.3 is 5.97 Å². The Morgan fingerprint density at radius 1 is 1.30 bits per heavy atom. The molecule has 0 amide bonds. The van der Waals surface area contributed by atoms with E-state index < -0.39 is 0 Å². The lowest BCUT2D eigenvalue weighted by atomic mass is 10.0. The second-order valence-corrected chi connectivity index (χ2v) is 5.95. The summed E-state index contributed by atoms with van der Waals surface area (Å²) in [6.07, 6.45) is 2.75. The van der Waals surface area contributed by atoms with Crippen LogP contribution in [0.1, 0.15) is 48.0 Å². The molecule has 4 heteroatoms. The van der Waals surface area contributed by atoms with Crippen LogP contribution in [0.4, 0.5) is 0 Å². The van der Waals surface area contributed by atoms with Crippen LogP contribution >= 0.6 is 0 Å². The maximum Gasteiger partial charge on any atom is 0.338 e. The lowest BCUT2D eigenvalue weighted by molar-refractivity contribution is 0.0526. The predicted molar refractivity (Wildman–Crippen MR) is 89.7 cm³/mol. The van der Waals surface area contributed by atoms with Crippen molar-refractivity contribution in [2.24, 2.45) is 5.92 Å². The molecule has 0 radical (unpaired) electrons. The molecule has 0 bridgehead atoms. The van der Waals surface area contributed by atoms with Gasteiger partial charge in [0.2, 0.25) is 0 Å². The van der Waals surface area contributed by atoms with Gasteiger partial charge in [0.05, 0.1) is 17.7 Å². The lowest BCUT2D eigenvalue weighted by Gasteiger charge is -2.10. The summed E-state index contributed by atoms with van der Waals surface area (Å²) < 4.78 is 7.00. The van der Waals surface area contributed by atoms with Crippen molar-refractivity contribution < 1.29 is 9.53 Å². The van der Waals surface area contributed by atoms with E-state index in [0.29, 0.717) is 23.7 Å². The summed E-state index contributed by atoms with van der Waals surface area (Å²) in [5.74, 6) is 0.171. The van der Waals surface area contributed by atoms with E-state index in [1.165, 1.54) is 0 Å². The van der Waals surface area contributed by atoms with E-state index in [4.69, 9.17) is 4.74 Å². The van der Waals surface area contributed by atoms with E-state index in [9.17, 15) is 10.1 Å². The van der Waals surface area contributed by atoms with Gasteiger partial charge in [-0.2, -0.15) is 5.26 Å². The number of nitrogens with zero attached hydrogens (tertiary/aromatic N) is 2. The Kier molecular flexibility index (Phi) is 5.23. The first-order chi connectivity index (χ1) is 11.0. The summed E-state index contributed by atoms with van der Waals surface area (Å²) in [5.41, 5.74) is 4.34. The zero-order valence-corrected chi connectivity index (χ0v) is 14.1. The molecule has 0 atom stereocenters. The minimum atomic E-state index is -0.318. The number of nitriles is 1. The first-order valence-electron chi connectivity index (χ1n) is 7.86. The average Bonchev–Trinajstić information content (AvgIpc) is 2.84. The number of rotatable bonds is 5. The lowest BCUT2D eigenvalue weighted by Crippen LogP contribution is -2.05. The van der Waals surface area contributed by atoms with Gasteiger partial charge in [0.25, 0.3) is 0 Å². The van der Waals surface area contributed by atoms with Crippen molar-refractivity contribution in [2.45, 2.75) is 34.1 Å². The van der Waals surface area contributed by atoms with Crippen LogP contribution in [0.3, 0.4) is 0 Å². The molecule has 0 aliphatic heterocycles. The topological polar surface area (TPSA) is 55.0 Å². The highest BCUT2D eigenvalue weighted by Gasteiger charge is 2.15. The van der Waals surface area contributed by atoms with Crippen LogP contribution in [0.25, 0.3) is 5.69 Å². The first kappa shape index (κ1) is 16.8. The molecular formula is C19H22N2O2. The largest absolute Gasteiger partial charge is 0.462 e. The second kappa shape index (κ2) is 7.15. The molecule has 0 fully saturated rings. The quantitative estimate of drug-likeness (QED) is 0.783. The standard InChI is InChI=1S/C19H22N2O2/c1-5-23-19(22)15-6-8-17(9-7-15)21-12-16(11-20)18(14(21)4)10-13(2)3/h6-9,12-13H,5,10H2,1-4H3. The van der Waals surface area contributed by atoms with Crippen LogP contribution in [0.2, 0.25) is 0 Å². The van der Waals surface area contributed by atoms with Gasteiger partial charge in [-0.3, -0.25) is 0 Å². The summed E-state index contributed by atoms with van der Waals surface area (Å²) in [6, 6.07) is 9.53. The molecule has 0 aliphatic carbocycles. The van der Waals surface area contributed by atoms with Gasteiger partial charge < -0.3 is 9.30 Å². The highest BCUT2D eigenvalue weighted by Crippen LogP contribution is 2.24. The number of carbonyl (C=O) groups is 1. The summed E-state index contributed by atoms with van der Waals surface area (Å²) in [6.45, 7) is 8.46. The first-order valence-corrected chi connectivity index (χ1v) is 7.86. The van der Waals surface area contributed by atoms with Gasteiger partial charge in [-0.1, -0.05) is 13.8 Å². The zero-order valence-electron chi connectivity index (χ0n) is 14.1. The minimum Gasteiger partial charge on any atom is -0.462 e. The molecule has 1 aromatic heterocycles. The molecule has 0 aliphatic rings. The van der Waals surface area contributed by atoms with Crippen molar-refractivity contribution >= 4 is 5.97 Å². The summed E-state index contributed by atoms with van der Waals surface area (Å²) in [7, 11) is 0. The Balaban J connectivity index is 2.37. The van der Waals surface area contributed by atoms with E-state index >= 15 is 0 Å². The summed E-state index contributed by atoms with van der Waals surface area (Å²) >= 11 is 0. The fourth-order valence-corrected chi connectivity index (χ4v) is 2.65. The van der Waals surface area contributed by atoms with Gasteiger partial charge in [-0.15, -0.1) is 0 Å². The van der Waals surface area contributed by atoms with E-state index in [1.807, 2.05) is 29.8 Å². The van der Waals surface area contributed by atoms with Crippen molar-refractivity contribution in [1.82, 2.24) is 4.57 Å². The van der Waals surface area contributed by atoms with Crippen molar-refractivity contribution in [3.05, 3.63) is 52.8 Å². The molecule has 0 N–H and O–H groups in total. The predicted octanol–water partition coefficient (Wildman–Crippen LogP) is 4.03. The number of benzene rings is 1. The van der Waals surface area contributed by atoms with Crippen molar-refractivity contribution in [3.63, 3.8) is 0 Å². The van der Waals surface area contributed by atoms with E-state index in [1.54, 1.807) is 19.1 Å². The Morgan fingerprint density at radius 2 is 1.96 bits per heavy atom. The molecule has 1 aromatic carbocycles. The highest BCUT2D eigenvalue weighted by molar-refractivity contribution is 5.89. The Hall–Kier alpha value is -2.54. The number of aromatic nitrogens is 1.